The highest BCUT2D eigenvalue weighted by atomic mass is 79.9. The van der Waals surface area contributed by atoms with Gasteiger partial charge in [0.1, 0.15) is 5.75 Å². The number of carbonyl (C=O) groups is 1. The number of nitrogens with one attached hydrogen (secondary N) is 1. The quantitative estimate of drug-likeness (QED) is 0.842. The van der Waals surface area contributed by atoms with Crippen molar-refractivity contribution in [3.05, 3.63) is 28.2 Å². The van der Waals surface area contributed by atoms with Gasteiger partial charge in [-0.15, -0.1) is 0 Å². The summed E-state index contributed by atoms with van der Waals surface area (Å²) in [5, 5.41) is 11.7. The maximum Gasteiger partial charge on any atom is 0.220 e. The number of ether oxygens (including phenoxy) is 1. The molecule has 0 heterocycles. The zero-order valence-corrected chi connectivity index (χ0v) is 12.2. The maximum atomic E-state index is 11.5. The van der Waals surface area contributed by atoms with Crippen molar-refractivity contribution < 1.29 is 14.6 Å². The van der Waals surface area contributed by atoms with Crippen LogP contribution in [0.1, 0.15) is 18.9 Å². The van der Waals surface area contributed by atoms with E-state index < -0.39 is 6.10 Å². The molecule has 2 N–H and O–H groups in total. The van der Waals surface area contributed by atoms with E-state index in [1.54, 1.807) is 14.0 Å². The third-order valence-electron chi connectivity index (χ3n) is 2.46. The maximum absolute atomic E-state index is 11.5. The highest BCUT2D eigenvalue weighted by molar-refractivity contribution is 9.10. The molecule has 18 heavy (non-hydrogen) atoms. The van der Waals surface area contributed by atoms with Crippen LogP contribution in [0.5, 0.6) is 5.75 Å². The molecule has 0 saturated carbocycles. The summed E-state index contributed by atoms with van der Waals surface area (Å²) in [5.74, 6) is 0.708. The van der Waals surface area contributed by atoms with Crippen molar-refractivity contribution >= 4 is 21.8 Å². The first kappa shape index (κ1) is 15.0. The second-order valence-electron chi connectivity index (χ2n) is 4.11. The van der Waals surface area contributed by atoms with Crippen molar-refractivity contribution in [2.24, 2.45) is 0 Å². The Morgan fingerprint density at radius 3 is 2.89 bits per heavy atom. The number of amides is 1. The molecule has 1 rings (SSSR count). The van der Waals surface area contributed by atoms with Gasteiger partial charge in [0.2, 0.25) is 5.91 Å². The summed E-state index contributed by atoms with van der Waals surface area (Å²) in [6, 6.07) is 5.71. The Morgan fingerprint density at radius 2 is 2.28 bits per heavy atom. The van der Waals surface area contributed by atoms with Crippen LogP contribution in [0, 0.1) is 0 Å². The van der Waals surface area contributed by atoms with Crippen molar-refractivity contribution in [3.8, 4) is 5.75 Å². The van der Waals surface area contributed by atoms with Gasteiger partial charge in [0.05, 0.1) is 13.2 Å². The van der Waals surface area contributed by atoms with Gasteiger partial charge in [-0.25, -0.2) is 0 Å². The molecule has 5 heteroatoms. The van der Waals surface area contributed by atoms with Gasteiger partial charge in [-0.1, -0.05) is 15.9 Å². The van der Waals surface area contributed by atoms with Crippen LogP contribution in [0.2, 0.25) is 0 Å². The second kappa shape index (κ2) is 7.38. The van der Waals surface area contributed by atoms with E-state index in [4.69, 9.17) is 9.84 Å². The van der Waals surface area contributed by atoms with Crippen LogP contribution in [0.3, 0.4) is 0 Å². The minimum absolute atomic E-state index is 0.0714. The number of hydrogen-bond acceptors (Lipinski definition) is 3. The van der Waals surface area contributed by atoms with Crippen LogP contribution in [-0.2, 0) is 11.2 Å². The lowest BCUT2D eigenvalue weighted by Gasteiger charge is -2.10. The van der Waals surface area contributed by atoms with Crippen molar-refractivity contribution in [3.63, 3.8) is 0 Å². The molecule has 0 aliphatic rings. The average Bonchev–Trinajstić information content (AvgIpc) is 2.34. The lowest BCUT2D eigenvalue weighted by atomic mass is 10.1. The highest BCUT2D eigenvalue weighted by Crippen LogP contribution is 2.24. The zero-order chi connectivity index (χ0) is 13.5. The molecular formula is C13H18BrNO3. The molecule has 4 nitrogen and oxygen atoms in total. The van der Waals surface area contributed by atoms with Gasteiger partial charge in [0.25, 0.3) is 0 Å². The number of halogens is 1. The second-order valence-corrected chi connectivity index (χ2v) is 5.02. The minimum atomic E-state index is -0.519. The van der Waals surface area contributed by atoms with E-state index in [0.717, 1.165) is 15.8 Å². The number of carbonyl (C=O) groups excluding carboxylic acids is 1. The van der Waals surface area contributed by atoms with Crippen molar-refractivity contribution in [2.45, 2.75) is 25.9 Å². The van der Waals surface area contributed by atoms with E-state index in [9.17, 15) is 4.79 Å². The molecule has 0 aromatic heterocycles. The molecule has 0 spiro atoms. The fourth-order valence-electron chi connectivity index (χ4n) is 1.54. The van der Waals surface area contributed by atoms with Gasteiger partial charge in [-0.05, 0) is 37.1 Å². The average molecular weight is 316 g/mol. The van der Waals surface area contributed by atoms with E-state index in [1.165, 1.54) is 0 Å². The topological polar surface area (TPSA) is 58.6 Å². The van der Waals surface area contributed by atoms with E-state index in [-0.39, 0.29) is 12.5 Å². The van der Waals surface area contributed by atoms with E-state index in [2.05, 4.69) is 21.2 Å². The SMILES string of the molecule is COc1ccc(Br)cc1CCC(=O)NCC(C)O. The molecule has 1 unspecified atom stereocenters. The predicted molar refractivity (Wildman–Crippen MR) is 73.7 cm³/mol. The predicted octanol–water partition coefficient (Wildman–Crippen LogP) is 1.89. The summed E-state index contributed by atoms with van der Waals surface area (Å²) in [4.78, 5) is 11.5. The molecule has 1 aromatic carbocycles. The monoisotopic (exact) mass is 315 g/mol. The van der Waals surface area contributed by atoms with Gasteiger partial charge in [0.15, 0.2) is 0 Å². The number of aryl methyl sites for hydroxylation is 1. The lowest BCUT2D eigenvalue weighted by Crippen LogP contribution is -2.30. The van der Waals surface area contributed by atoms with E-state index >= 15 is 0 Å². The summed E-state index contributed by atoms with van der Waals surface area (Å²) in [5.41, 5.74) is 0.985. The number of aliphatic hydroxyl groups excluding tert-OH is 1. The summed E-state index contributed by atoms with van der Waals surface area (Å²) in [7, 11) is 1.61. The Bertz CT molecular complexity index is 407. The number of aliphatic hydroxyl groups is 1. The molecule has 0 aliphatic carbocycles. The fourth-order valence-corrected chi connectivity index (χ4v) is 1.95. The Labute approximate surface area is 115 Å². The first-order valence-electron chi connectivity index (χ1n) is 5.80. The van der Waals surface area contributed by atoms with Crippen LogP contribution in [0.4, 0.5) is 0 Å². The van der Waals surface area contributed by atoms with Crippen LogP contribution < -0.4 is 10.1 Å². The molecule has 100 valence electrons. The third-order valence-corrected chi connectivity index (χ3v) is 2.95. The third kappa shape index (κ3) is 5.06. The molecule has 0 radical (unpaired) electrons. The summed E-state index contributed by atoms with van der Waals surface area (Å²) >= 11 is 3.39. The van der Waals surface area contributed by atoms with Gasteiger partial charge in [-0.2, -0.15) is 0 Å². The van der Waals surface area contributed by atoms with Crippen LogP contribution in [0.25, 0.3) is 0 Å². The standard InChI is InChI=1S/C13H18BrNO3/c1-9(16)8-15-13(17)6-3-10-7-11(14)4-5-12(10)18-2/h4-5,7,9,16H,3,6,8H2,1-2H3,(H,15,17). The van der Waals surface area contributed by atoms with Gasteiger partial charge >= 0.3 is 0 Å². The molecule has 1 atom stereocenters. The van der Waals surface area contributed by atoms with Crippen LogP contribution in [-0.4, -0.2) is 30.8 Å². The van der Waals surface area contributed by atoms with Crippen molar-refractivity contribution in [1.82, 2.24) is 5.32 Å². The molecule has 0 aliphatic heterocycles. The van der Waals surface area contributed by atoms with Crippen LogP contribution >= 0.6 is 15.9 Å². The zero-order valence-electron chi connectivity index (χ0n) is 10.6. The van der Waals surface area contributed by atoms with E-state index in [0.29, 0.717) is 12.8 Å². The molecule has 0 saturated heterocycles. The number of rotatable bonds is 6. The fraction of sp³-hybridized carbons (Fsp3) is 0.462. The smallest absolute Gasteiger partial charge is 0.220 e. The largest absolute Gasteiger partial charge is 0.496 e. The number of benzene rings is 1. The summed E-state index contributed by atoms with van der Waals surface area (Å²) < 4.78 is 6.20. The Kier molecular flexibility index (Phi) is 6.15. The summed E-state index contributed by atoms with van der Waals surface area (Å²) in [6.45, 7) is 1.92. The van der Waals surface area contributed by atoms with Gasteiger partial charge in [0, 0.05) is 17.4 Å². The molecular weight excluding hydrogens is 298 g/mol. The van der Waals surface area contributed by atoms with Gasteiger partial charge in [-0.3, -0.25) is 4.79 Å². The number of hydrogen-bond donors (Lipinski definition) is 2. The molecule has 1 aromatic rings. The van der Waals surface area contributed by atoms with E-state index in [1.807, 2.05) is 18.2 Å². The minimum Gasteiger partial charge on any atom is -0.496 e. The highest BCUT2D eigenvalue weighted by Gasteiger charge is 2.07. The van der Waals surface area contributed by atoms with Crippen molar-refractivity contribution in [1.29, 1.82) is 0 Å². The van der Waals surface area contributed by atoms with Crippen molar-refractivity contribution in [2.75, 3.05) is 13.7 Å². The Balaban J connectivity index is 2.52. The summed E-state index contributed by atoms with van der Waals surface area (Å²) in [6.07, 6.45) is 0.461. The normalized spacial score (nSPS) is 12.0. The van der Waals surface area contributed by atoms with Crippen LogP contribution in [0.15, 0.2) is 22.7 Å². The van der Waals surface area contributed by atoms with Gasteiger partial charge < -0.3 is 15.2 Å². The lowest BCUT2D eigenvalue weighted by molar-refractivity contribution is -0.121. The first-order valence-corrected chi connectivity index (χ1v) is 6.59. The first-order chi connectivity index (χ1) is 8.52. The Morgan fingerprint density at radius 1 is 1.56 bits per heavy atom. The number of methoxy groups -OCH3 is 1. The Hall–Kier alpha value is -1.07. The molecule has 0 fully saturated rings. The molecule has 1 amide bonds. The molecule has 0 bridgehead atoms.